The molecular weight excluding hydrogens is 381 g/mol. The van der Waals surface area contributed by atoms with Crippen LogP contribution >= 0.6 is 11.3 Å². The summed E-state index contributed by atoms with van der Waals surface area (Å²) in [6, 6.07) is 6.28. The first kappa shape index (κ1) is 19.7. The molecule has 0 aliphatic heterocycles. The molecule has 0 bridgehead atoms. The number of hydrogen-bond donors (Lipinski definition) is 1. The van der Waals surface area contributed by atoms with Crippen molar-refractivity contribution in [2.24, 2.45) is 5.10 Å². The van der Waals surface area contributed by atoms with Crippen LogP contribution in [0.2, 0.25) is 0 Å². The molecule has 2 heterocycles. The molecule has 0 aliphatic carbocycles. The average molecular weight is 401 g/mol. The number of rotatable bonds is 5. The summed E-state index contributed by atoms with van der Waals surface area (Å²) in [6.45, 7) is 5.87. The highest BCUT2D eigenvalue weighted by Crippen LogP contribution is 2.26. The van der Waals surface area contributed by atoms with E-state index in [1.54, 1.807) is 12.1 Å². The van der Waals surface area contributed by atoms with Gasteiger partial charge in [0.25, 0.3) is 5.91 Å². The maximum Gasteiger partial charge on any atom is 0.278 e. The zero-order valence-corrected chi connectivity index (χ0v) is 16.5. The SMILES string of the molecule is CC(C)(C)n1c(-c2ccc(F)cc2)cs/c1=N\NC(=O)COc1cnccn1. The van der Waals surface area contributed by atoms with Crippen molar-refractivity contribution in [3.05, 3.63) is 58.9 Å². The smallest absolute Gasteiger partial charge is 0.278 e. The van der Waals surface area contributed by atoms with E-state index in [9.17, 15) is 9.18 Å². The molecule has 7 nitrogen and oxygen atoms in total. The molecule has 0 radical (unpaired) electrons. The summed E-state index contributed by atoms with van der Waals surface area (Å²) in [5.74, 6) is -0.443. The Morgan fingerprint density at radius 1 is 1.29 bits per heavy atom. The van der Waals surface area contributed by atoms with Gasteiger partial charge in [0.1, 0.15) is 5.82 Å². The lowest BCUT2D eigenvalue weighted by atomic mass is 10.1. The highest BCUT2D eigenvalue weighted by atomic mass is 32.1. The molecular formula is C19H20FN5O2S. The second-order valence-electron chi connectivity index (χ2n) is 6.90. The van der Waals surface area contributed by atoms with Gasteiger partial charge in [-0.1, -0.05) is 0 Å². The molecule has 0 fully saturated rings. The van der Waals surface area contributed by atoms with Gasteiger partial charge in [-0.15, -0.1) is 16.4 Å². The van der Waals surface area contributed by atoms with Gasteiger partial charge in [-0.25, -0.2) is 14.8 Å². The molecule has 2 aromatic heterocycles. The second kappa shape index (κ2) is 8.30. The van der Waals surface area contributed by atoms with E-state index < -0.39 is 5.91 Å². The molecule has 3 rings (SSSR count). The minimum absolute atomic E-state index is 0.228. The molecule has 1 N–H and O–H groups in total. The predicted octanol–water partition coefficient (Wildman–Crippen LogP) is 2.91. The Morgan fingerprint density at radius 3 is 2.68 bits per heavy atom. The van der Waals surface area contributed by atoms with Gasteiger partial charge in [0.05, 0.1) is 11.9 Å². The van der Waals surface area contributed by atoms with Gasteiger partial charge in [-0.05, 0) is 50.6 Å². The van der Waals surface area contributed by atoms with E-state index in [1.165, 1.54) is 42.1 Å². The molecule has 146 valence electrons. The fourth-order valence-electron chi connectivity index (χ4n) is 2.50. The van der Waals surface area contributed by atoms with Crippen molar-refractivity contribution in [3.8, 4) is 17.1 Å². The van der Waals surface area contributed by atoms with Crippen LogP contribution in [-0.4, -0.2) is 27.0 Å². The van der Waals surface area contributed by atoms with Gasteiger partial charge in [0.15, 0.2) is 6.61 Å². The number of benzene rings is 1. The topological polar surface area (TPSA) is 81.4 Å². The molecule has 0 atom stereocenters. The first-order chi connectivity index (χ1) is 13.3. The van der Waals surface area contributed by atoms with Gasteiger partial charge < -0.3 is 9.30 Å². The van der Waals surface area contributed by atoms with Crippen LogP contribution in [0.15, 0.2) is 53.3 Å². The molecule has 0 spiro atoms. The molecule has 0 aliphatic rings. The minimum atomic E-state index is -0.414. The number of nitrogens with one attached hydrogen (secondary N) is 1. The quantitative estimate of drug-likeness (QED) is 0.667. The van der Waals surface area contributed by atoms with Gasteiger partial charge in [0.2, 0.25) is 10.7 Å². The fourth-order valence-corrected chi connectivity index (χ4v) is 3.54. The maximum absolute atomic E-state index is 13.3. The van der Waals surface area contributed by atoms with Gasteiger partial charge >= 0.3 is 0 Å². The number of nitrogens with zero attached hydrogens (tertiary/aromatic N) is 4. The molecule has 3 aromatic rings. The summed E-state index contributed by atoms with van der Waals surface area (Å²) in [7, 11) is 0. The largest absolute Gasteiger partial charge is 0.466 e. The highest BCUT2D eigenvalue weighted by molar-refractivity contribution is 7.07. The summed E-state index contributed by atoms with van der Waals surface area (Å²) in [5.41, 5.74) is 3.95. The zero-order chi connectivity index (χ0) is 20.1. The Bertz CT molecular complexity index is 1010. The van der Waals surface area contributed by atoms with Crippen LogP contribution in [0.25, 0.3) is 11.3 Å². The lowest BCUT2D eigenvalue weighted by Crippen LogP contribution is -2.34. The summed E-state index contributed by atoms with van der Waals surface area (Å²) < 4.78 is 20.5. The molecule has 1 aromatic carbocycles. The van der Waals surface area contributed by atoms with Crippen LogP contribution in [0.3, 0.4) is 0 Å². The number of carbonyl (C=O) groups is 1. The van der Waals surface area contributed by atoms with Crippen molar-refractivity contribution >= 4 is 17.2 Å². The van der Waals surface area contributed by atoms with Crippen LogP contribution in [0.1, 0.15) is 20.8 Å². The fraction of sp³-hybridized carbons (Fsp3) is 0.263. The highest BCUT2D eigenvalue weighted by Gasteiger charge is 2.20. The van der Waals surface area contributed by atoms with Crippen molar-refractivity contribution in [2.45, 2.75) is 26.3 Å². The lowest BCUT2D eigenvalue weighted by Gasteiger charge is -2.24. The average Bonchev–Trinajstić information content (AvgIpc) is 3.10. The van der Waals surface area contributed by atoms with Gasteiger partial charge in [0, 0.05) is 23.3 Å². The Hall–Kier alpha value is -3.07. The van der Waals surface area contributed by atoms with E-state index >= 15 is 0 Å². The van der Waals surface area contributed by atoms with E-state index in [-0.39, 0.29) is 23.8 Å². The van der Waals surface area contributed by atoms with Crippen molar-refractivity contribution in [3.63, 3.8) is 0 Å². The van der Waals surface area contributed by atoms with Gasteiger partial charge in [-0.3, -0.25) is 9.78 Å². The minimum Gasteiger partial charge on any atom is -0.466 e. The summed E-state index contributed by atoms with van der Waals surface area (Å²) >= 11 is 1.38. The molecule has 0 unspecified atom stereocenters. The number of thiazole rings is 1. The van der Waals surface area contributed by atoms with Crippen LogP contribution in [0, 0.1) is 5.82 Å². The van der Waals surface area contributed by atoms with Crippen LogP contribution in [-0.2, 0) is 10.3 Å². The molecule has 28 heavy (non-hydrogen) atoms. The molecule has 9 heteroatoms. The summed E-state index contributed by atoms with van der Waals surface area (Å²) in [4.78, 5) is 20.4. The van der Waals surface area contributed by atoms with E-state index in [0.29, 0.717) is 4.80 Å². The normalized spacial score (nSPS) is 12.1. The van der Waals surface area contributed by atoms with E-state index in [2.05, 4.69) is 20.5 Å². The number of hydrogen-bond acceptors (Lipinski definition) is 6. The first-order valence-corrected chi connectivity index (χ1v) is 9.41. The third-order valence-corrected chi connectivity index (χ3v) is 4.51. The van der Waals surface area contributed by atoms with E-state index in [1.807, 2.05) is 30.7 Å². The third-order valence-electron chi connectivity index (χ3n) is 3.69. The number of carbonyl (C=O) groups excluding carboxylic acids is 1. The van der Waals surface area contributed by atoms with Crippen LogP contribution in [0.5, 0.6) is 5.88 Å². The Morgan fingerprint density at radius 2 is 2.04 bits per heavy atom. The zero-order valence-electron chi connectivity index (χ0n) is 15.7. The number of amides is 1. The maximum atomic E-state index is 13.3. The number of aromatic nitrogens is 3. The predicted molar refractivity (Wildman–Crippen MR) is 104 cm³/mol. The van der Waals surface area contributed by atoms with Crippen molar-refractivity contribution in [1.29, 1.82) is 0 Å². The molecule has 0 saturated heterocycles. The number of ether oxygens (including phenoxy) is 1. The van der Waals surface area contributed by atoms with Crippen molar-refractivity contribution in [2.75, 3.05) is 6.61 Å². The first-order valence-electron chi connectivity index (χ1n) is 8.53. The summed E-state index contributed by atoms with van der Waals surface area (Å²) in [5, 5.41) is 6.17. The van der Waals surface area contributed by atoms with E-state index in [4.69, 9.17) is 4.74 Å². The Balaban J connectivity index is 1.81. The third kappa shape index (κ3) is 4.80. The van der Waals surface area contributed by atoms with Crippen LogP contribution < -0.4 is 15.0 Å². The van der Waals surface area contributed by atoms with Gasteiger partial charge in [-0.2, -0.15) is 0 Å². The van der Waals surface area contributed by atoms with E-state index in [0.717, 1.165) is 11.3 Å². The molecule has 1 amide bonds. The Kier molecular flexibility index (Phi) is 5.84. The van der Waals surface area contributed by atoms with Crippen LogP contribution in [0.4, 0.5) is 4.39 Å². The summed E-state index contributed by atoms with van der Waals surface area (Å²) in [6.07, 6.45) is 4.42. The standard InChI is InChI=1S/C19H20FN5O2S/c1-19(2,3)25-15(13-4-6-14(20)7-5-13)12-28-18(25)24-23-16(26)11-27-17-10-21-8-9-22-17/h4-10,12H,11H2,1-3H3,(H,23,26)/b24-18-. The number of halogens is 1. The second-order valence-corrected chi connectivity index (χ2v) is 7.73. The van der Waals surface area contributed by atoms with Crippen molar-refractivity contribution < 1.29 is 13.9 Å². The Labute approximate surface area is 165 Å². The lowest BCUT2D eigenvalue weighted by molar-refractivity contribution is -0.123. The molecule has 0 saturated carbocycles. The van der Waals surface area contributed by atoms with Crippen molar-refractivity contribution in [1.82, 2.24) is 20.0 Å². The monoisotopic (exact) mass is 401 g/mol.